The summed E-state index contributed by atoms with van der Waals surface area (Å²) >= 11 is 0. The van der Waals surface area contributed by atoms with Crippen LogP contribution in [0.2, 0.25) is 0 Å². The predicted molar refractivity (Wildman–Crippen MR) is 155 cm³/mol. The van der Waals surface area contributed by atoms with Gasteiger partial charge in [0.2, 0.25) is 0 Å². The molecule has 2 aromatic carbocycles. The highest BCUT2D eigenvalue weighted by Gasteiger charge is 2.33. The van der Waals surface area contributed by atoms with Gasteiger partial charge in [0.1, 0.15) is 17.9 Å². The van der Waals surface area contributed by atoms with Crippen LogP contribution in [0.5, 0.6) is 5.75 Å². The lowest BCUT2D eigenvalue weighted by atomic mass is 9.70. The van der Waals surface area contributed by atoms with Gasteiger partial charge in [0.15, 0.2) is 0 Å². The van der Waals surface area contributed by atoms with Crippen molar-refractivity contribution in [1.29, 1.82) is 0 Å². The summed E-state index contributed by atoms with van der Waals surface area (Å²) in [4.78, 5) is 23.7. The molecule has 0 saturated heterocycles. The average molecular weight is 528 g/mol. The van der Waals surface area contributed by atoms with Crippen molar-refractivity contribution in [3.63, 3.8) is 0 Å². The number of carboxylic acid groups (broad SMARTS) is 1. The first kappa shape index (κ1) is 33.2. The third-order valence-corrected chi connectivity index (χ3v) is 7.32. The van der Waals surface area contributed by atoms with E-state index in [1.165, 1.54) is 6.92 Å². The molecule has 0 radical (unpaired) electrons. The van der Waals surface area contributed by atoms with Gasteiger partial charge >= 0.3 is 5.97 Å². The monoisotopic (exact) mass is 527 g/mol. The standard InChI is InChI=1S/C30H43NO5.C2H6/c1-10-30(11-2,22-12-14-24(18(3)16-22)27(33)31-20(5)28(34)35)23-13-15-25(19(4)17-23)36-21(6)26(32)29(7,8)9;1-2/h12-17,20-21,26,32H,10-11H2,1-9H3,(H,31,33)(H,34,35);1-2H3. The molecule has 3 unspecified atom stereocenters. The number of amides is 1. The maximum atomic E-state index is 12.6. The predicted octanol–water partition coefficient (Wildman–Crippen LogP) is 6.81. The van der Waals surface area contributed by atoms with Crippen molar-refractivity contribution in [2.45, 2.75) is 113 Å². The van der Waals surface area contributed by atoms with E-state index in [-0.39, 0.29) is 16.9 Å². The molecule has 0 bridgehead atoms. The first-order valence-electron chi connectivity index (χ1n) is 13.8. The molecule has 3 N–H and O–H groups in total. The summed E-state index contributed by atoms with van der Waals surface area (Å²) in [5.74, 6) is -0.707. The second kappa shape index (κ2) is 13.8. The molecular formula is C32H49NO5. The van der Waals surface area contributed by atoms with Crippen molar-refractivity contribution in [1.82, 2.24) is 5.32 Å². The van der Waals surface area contributed by atoms with E-state index < -0.39 is 24.0 Å². The zero-order valence-electron chi connectivity index (χ0n) is 25.2. The van der Waals surface area contributed by atoms with Crippen LogP contribution < -0.4 is 10.1 Å². The van der Waals surface area contributed by atoms with Crippen molar-refractivity contribution in [3.8, 4) is 5.75 Å². The Kier molecular flexibility index (Phi) is 12.0. The number of nitrogens with one attached hydrogen (secondary N) is 1. The Labute approximate surface area is 229 Å². The maximum absolute atomic E-state index is 12.6. The Morgan fingerprint density at radius 1 is 0.921 bits per heavy atom. The molecule has 0 heterocycles. The summed E-state index contributed by atoms with van der Waals surface area (Å²) in [6.45, 7) is 21.5. The number of aliphatic hydroxyl groups is 1. The molecule has 0 spiro atoms. The van der Waals surface area contributed by atoms with Gasteiger partial charge in [-0.25, -0.2) is 0 Å². The number of carbonyl (C=O) groups excluding carboxylic acids is 1. The van der Waals surface area contributed by atoms with Crippen LogP contribution in [0.1, 0.15) is 108 Å². The topological polar surface area (TPSA) is 95.9 Å². The third-order valence-electron chi connectivity index (χ3n) is 7.32. The number of ether oxygens (including phenoxy) is 1. The Morgan fingerprint density at radius 2 is 1.42 bits per heavy atom. The summed E-state index contributed by atoms with van der Waals surface area (Å²) in [5.41, 5.74) is 4.01. The molecule has 3 atom stereocenters. The summed E-state index contributed by atoms with van der Waals surface area (Å²) in [6, 6.07) is 11.1. The molecule has 2 rings (SSSR count). The van der Waals surface area contributed by atoms with Crippen molar-refractivity contribution >= 4 is 11.9 Å². The summed E-state index contributed by atoms with van der Waals surface area (Å²) in [5, 5.41) is 22.2. The zero-order chi connectivity index (χ0) is 29.4. The second-order valence-electron chi connectivity index (χ2n) is 11.0. The molecule has 0 aliphatic rings. The normalized spacial score (nSPS) is 14.0. The van der Waals surface area contributed by atoms with Gasteiger partial charge < -0.3 is 20.3 Å². The van der Waals surface area contributed by atoms with Crippen LogP contribution in [0.3, 0.4) is 0 Å². The minimum Gasteiger partial charge on any atom is -0.488 e. The van der Waals surface area contributed by atoms with Gasteiger partial charge in [-0.3, -0.25) is 9.59 Å². The van der Waals surface area contributed by atoms with E-state index >= 15 is 0 Å². The number of hydrogen-bond acceptors (Lipinski definition) is 4. The SMILES string of the molecule is CC.CCC(CC)(c1ccc(OC(C)C(O)C(C)(C)C)c(C)c1)c1ccc(C(=O)NC(C)C(=O)O)c(C)c1. The van der Waals surface area contributed by atoms with E-state index in [0.717, 1.165) is 40.8 Å². The van der Waals surface area contributed by atoms with Crippen LogP contribution in [-0.2, 0) is 10.2 Å². The van der Waals surface area contributed by atoms with Crippen molar-refractivity contribution < 1.29 is 24.5 Å². The number of carbonyl (C=O) groups is 2. The van der Waals surface area contributed by atoms with E-state index in [1.807, 2.05) is 73.6 Å². The summed E-state index contributed by atoms with van der Waals surface area (Å²) < 4.78 is 6.15. The smallest absolute Gasteiger partial charge is 0.325 e. The average Bonchev–Trinajstić information content (AvgIpc) is 2.86. The van der Waals surface area contributed by atoms with Crippen LogP contribution in [0.15, 0.2) is 36.4 Å². The minimum atomic E-state index is -1.07. The van der Waals surface area contributed by atoms with Gasteiger partial charge in [0.05, 0.1) is 6.10 Å². The lowest BCUT2D eigenvalue weighted by Crippen LogP contribution is -2.39. The van der Waals surface area contributed by atoms with Gasteiger partial charge in [-0.1, -0.05) is 72.7 Å². The van der Waals surface area contributed by atoms with Crippen LogP contribution in [0.25, 0.3) is 0 Å². The first-order chi connectivity index (χ1) is 17.7. The number of aliphatic carboxylic acids is 1. The molecule has 0 aliphatic heterocycles. The number of benzene rings is 2. The molecule has 212 valence electrons. The van der Waals surface area contributed by atoms with E-state index in [9.17, 15) is 14.7 Å². The zero-order valence-corrected chi connectivity index (χ0v) is 25.2. The summed E-state index contributed by atoms with van der Waals surface area (Å²) in [6.07, 6.45) is 0.785. The van der Waals surface area contributed by atoms with Gasteiger partial charge in [0.25, 0.3) is 5.91 Å². The number of hydrogen-bond donors (Lipinski definition) is 3. The molecule has 0 saturated carbocycles. The van der Waals surface area contributed by atoms with E-state index in [1.54, 1.807) is 6.07 Å². The lowest BCUT2D eigenvalue weighted by Gasteiger charge is -2.35. The van der Waals surface area contributed by atoms with Gasteiger partial charge in [-0.15, -0.1) is 0 Å². The van der Waals surface area contributed by atoms with Gasteiger partial charge in [-0.05, 0) is 80.3 Å². The van der Waals surface area contributed by atoms with Crippen LogP contribution >= 0.6 is 0 Å². The number of aliphatic hydroxyl groups excluding tert-OH is 1. The molecule has 2 aromatic rings. The molecular weight excluding hydrogens is 478 g/mol. The number of carboxylic acids is 1. The Balaban J connectivity index is 0.00000352. The molecule has 0 fully saturated rings. The van der Waals surface area contributed by atoms with Crippen LogP contribution in [-0.4, -0.2) is 40.3 Å². The van der Waals surface area contributed by atoms with Crippen molar-refractivity contribution in [2.24, 2.45) is 5.41 Å². The van der Waals surface area contributed by atoms with Crippen molar-refractivity contribution in [2.75, 3.05) is 0 Å². The van der Waals surface area contributed by atoms with Crippen LogP contribution in [0.4, 0.5) is 0 Å². The second-order valence-corrected chi connectivity index (χ2v) is 11.0. The molecule has 0 aliphatic carbocycles. The Morgan fingerprint density at radius 3 is 1.84 bits per heavy atom. The van der Waals surface area contributed by atoms with Gasteiger partial charge in [-0.2, -0.15) is 0 Å². The fourth-order valence-electron chi connectivity index (χ4n) is 4.83. The molecule has 38 heavy (non-hydrogen) atoms. The van der Waals surface area contributed by atoms with Gasteiger partial charge in [0, 0.05) is 11.0 Å². The molecule has 1 amide bonds. The van der Waals surface area contributed by atoms with E-state index in [4.69, 9.17) is 9.84 Å². The lowest BCUT2D eigenvalue weighted by molar-refractivity contribution is -0.138. The first-order valence-corrected chi connectivity index (χ1v) is 13.8. The quantitative estimate of drug-likeness (QED) is 0.315. The minimum absolute atomic E-state index is 0.256. The third kappa shape index (κ3) is 7.59. The highest BCUT2D eigenvalue weighted by atomic mass is 16.5. The highest BCUT2D eigenvalue weighted by Crippen LogP contribution is 2.41. The molecule has 0 aromatic heterocycles. The molecule has 6 nitrogen and oxygen atoms in total. The largest absolute Gasteiger partial charge is 0.488 e. The fraction of sp³-hybridized carbons (Fsp3) is 0.562. The molecule has 6 heteroatoms. The Bertz CT molecular complexity index is 1080. The Hall–Kier alpha value is -2.86. The fourth-order valence-corrected chi connectivity index (χ4v) is 4.83. The van der Waals surface area contributed by atoms with E-state index in [2.05, 4.69) is 31.3 Å². The van der Waals surface area contributed by atoms with Crippen molar-refractivity contribution in [3.05, 3.63) is 64.2 Å². The summed E-state index contributed by atoms with van der Waals surface area (Å²) in [7, 11) is 0. The number of rotatable bonds is 10. The number of aryl methyl sites for hydroxylation is 2. The van der Waals surface area contributed by atoms with E-state index in [0.29, 0.717) is 5.56 Å². The van der Waals surface area contributed by atoms with Crippen LogP contribution in [0, 0.1) is 19.3 Å². The maximum Gasteiger partial charge on any atom is 0.325 e. The highest BCUT2D eigenvalue weighted by molar-refractivity contribution is 5.97.